The first-order chi connectivity index (χ1) is 12.6. The number of carbonyl (C=O) groups is 1. The van der Waals surface area contributed by atoms with Crippen LogP contribution >= 0.6 is 0 Å². The number of benzene rings is 1. The van der Waals surface area contributed by atoms with Gasteiger partial charge in [0.2, 0.25) is 0 Å². The Labute approximate surface area is 155 Å². The topological polar surface area (TPSA) is 47.9 Å². The summed E-state index contributed by atoms with van der Waals surface area (Å²) in [5, 5.41) is 2.82. The molecule has 1 aromatic rings. The van der Waals surface area contributed by atoms with Gasteiger partial charge < -0.3 is 4.90 Å². The van der Waals surface area contributed by atoms with Crippen LogP contribution in [0.15, 0.2) is 29.3 Å². The van der Waals surface area contributed by atoms with Crippen molar-refractivity contribution < 1.29 is 9.18 Å². The van der Waals surface area contributed by atoms with Crippen LogP contribution in [0.1, 0.15) is 44.9 Å². The van der Waals surface area contributed by atoms with Gasteiger partial charge >= 0.3 is 6.03 Å². The first-order valence-electron chi connectivity index (χ1n) is 9.69. The average molecular weight is 360 g/mol. The lowest BCUT2D eigenvalue weighted by Crippen LogP contribution is -2.50. The van der Waals surface area contributed by atoms with E-state index in [0.29, 0.717) is 11.7 Å². The number of halogens is 1. The summed E-state index contributed by atoms with van der Waals surface area (Å²) in [6, 6.07) is 6.42. The molecule has 2 aliphatic rings. The fourth-order valence-corrected chi connectivity index (χ4v) is 3.87. The maximum atomic E-state index is 13.7. The molecule has 1 saturated heterocycles. The summed E-state index contributed by atoms with van der Waals surface area (Å²) in [5.41, 5.74) is 0.600. The molecule has 0 bridgehead atoms. The number of aliphatic imine (C=N–C) groups is 1. The molecule has 0 atom stereocenters. The van der Waals surface area contributed by atoms with Crippen molar-refractivity contribution in [3.63, 3.8) is 0 Å². The van der Waals surface area contributed by atoms with Crippen molar-refractivity contribution in [1.82, 2.24) is 10.2 Å². The molecule has 3 rings (SSSR count). The van der Waals surface area contributed by atoms with Gasteiger partial charge in [-0.3, -0.25) is 15.2 Å². The molecule has 1 aromatic carbocycles. The first-order valence-corrected chi connectivity index (χ1v) is 9.69. The third-order valence-corrected chi connectivity index (χ3v) is 5.41. The highest BCUT2D eigenvalue weighted by molar-refractivity contribution is 5.98. The van der Waals surface area contributed by atoms with Crippen LogP contribution < -0.4 is 10.2 Å². The smallest absolute Gasteiger partial charge is 0.306 e. The zero-order valence-corrected chi connectivity index (χ0v) is 15.5. The normalized spacial score (nSPS) is 20.4. The predicted molar refractivity (Wildman–Crippen MR) is 103 cm³/mol. The lowest BCUT2D eigenvalue weighted by Gasteiger charge is -2.37. The van der Waals surface area contributed by atoms with Crippen molar-refractivity contribution in [2.75, 3.05) is 25.0 Å². The molecule has 1 N–H and O–H groups in total. The van der Waals surface area contributed by atoms with Crippen molar-refractivity contribution in [1.29, 1.82) is 0 Å². The zero-order valence-electron chi connectivity index (χ0n) is 15.5. The van der Waals surface area contributed by atoms with Crippen LogP contribution in [0.25, 0.3) is 0 Å². The maximum absolute atomic E-state index is 13.7. The highest BCUT2D eigenvalue weighted by Crippen LogP contribution is 2.24. The largest absolute Gasteiger partial charge is 0.327 e. The van der Waals surface area contributed by atoms with Crippen molar-refractivity contribution in [3.05, 3.63) is 30.1 Å². The highest BCUT2D eigenvalue weighted by atomic mass is 19.1. The van der Waals surface area contributed by atoms with Gasteiger partial charge in [-0.15, -0.1) is 0 Å². The van der Waals surface area contributed by atoms with E-state index in [1.165, 1.54) is 31.4 Å². The maximum Gasteiger partial charge on any atom is 0.327 e. The third kappa shape index (κ3) is 5.04. The van der Waals surface area contributed by atoms with Crippen LogP contribution in [0.4, 0.5) is 14.9 Å². The van der Waals surface area contributed by atoms with Crippen LogP contribution in [0.5, 0.6) is 0 Å². The molecule has 2 amide bonds. The number of urea groups is 1. The lowest BCUT2D eigenvalue weighted by atomic mass is 9.96. The van der Waals surface area contributed by atoms with Crippen LogP contribution in [0, 0.1) is 5.82 Å². The summed E-state index contributed by atoms with van der Waals surface area (Å²) in [5.74, 6) is -0.330. The molecule has 0 spiro atoms. The van der Waals surface area contributed by atoms with Gasteiger partial charge in [-0.2, -0.15) is 0 Å². The summed E-state index contributed by atoms with van der Waals surface area (Å²) < 4.78 is 13.7. The second kappa shape index (κ2) is 9.12. The van der Waals surface area contributed by atoms with Gasteiger partial charge in [0.25, 0.3) is 0 Å². The molecule has 142 valence electrons. The Morgan fingerprint density at radius 1 is 1.23 bits per heavy atom. The zero-order chi connectivity index (χ0) is 18.4. The molecule has 6 heteroatoms. The Morgan fingerprint density at radius 2 is 1.96 bits per heavy atom. The first kappa shape index (κ1) is 18.8. The SMILES string of the molecule is CN1CCC(N(C(=O)NC=NC2CCCCC2)c2cccc(F)c2)CC1. The third-order valence-electron chi connectivity index (χ3n) is 5.41. The molecule has 2 fully saturated rings. The molecule has 5 nitrogen and oxygen atoms in total. The molecule has 1 aliphatic carbocycles. The number of hydrogen-bond donors (Lipinski definition) is 1. The standard InChI is InChI=1S/C20H29FN4O/c1-24-12-10-18(11-13-24)25(19-9-5-6-16(21)14-19)20(26)23-15-22-17-7-3-2-4-8-17/h5-6,9,14-15,17-18H,2-4,7-8,10-13H2,1H3,(H,22,23,26). The molecule has 1 heterocycles. The number of anilines is 1. The monoisotopic (exact) mass is 360 g/mol. The van der Waals surface area contributed by atoms with Crippen molar-refractivity contribution >= 4 is 18.1 Å². The fraction of sp³-hybridized carbons (Fsp3) is 0.600. The van der Waals surface area contributed by atoms with Crippen LogP contribution in [0.2, 0.25) is 0 Å². The van der Waals surface area contributed by atoms with Gasteiger partial charge in [-0.25, -0.2) is 9.18 Å². The van der Waals surface area contributed by atoms with E-state index in [-0.39, 0.29) is 17.9 Å². The number of piperidine rings is 1. The summed E-state index contributed by atoms with van der Waals surface area (Å²) in [6.45, 7) is 1.86. The van der Waals surface area contributed by atoms with Gasteiger partial charge in [-0.1, -0.05) is 25.3 Å². The summed E-state index contributed by atoms with van der Waals surface area (Å²) in [4.78, 5) is 21.3. The average Bonchev–Trinajstić information content (AvgIpc) is 2.65. The van der Waals surface area contributed by atoms with Crippen molar-refractivity contribution in [2.24, 2.45) is 4.99 Å². The Balaban J connectivity index is 1.69. The van der Waals surface area contributed by atoms with E-state index in [4.69, 9.17) is 0 Å². The van der Waals surface area contributed by atoms with E-state index in [9.17, 15) is 9.18 Å². The van der Waals surface area contributed by atoms with Crippen molar-refractivity contribution in [2.45, 2.75) is 57.0 Å². The van der Waals surface area contributed by atoms with E-state index in [1.54, 1.807) is 23.4 Å². The Bertz CT molecular complexity index is 622. The van der Waals surface area contributed by atoms with E-state index >= 15 is 0 Å². The molecule has 0 unspecified atom stereocenters. The Kier molecular flexibility index (Phi) is 6.61. The molecular weight excluding hydrogens is 331 g/mol. The van der Waals surface area contributed by atoms with E-state index in [0.717, 1.165) is 38.8 Å². The molecule has 1 aliphatic heterocycles. The summed E-state index contributed by atoms with van der Waals surface area (Å²) in [6.07, 6.45) is 9.17. The Hall–Kier alpha value is -1.95. The number of carbonyl (C=O) groups excluding carboxylic acids is 1. The quantitative estimate of drug-likeness (QED) is 0.656. The molecular formula is C20H29FN4O. The molecule has 1 saturated carbocycles. The van der Waals surface area contributed by atoms with Crippen LogP contribution in [0.3, 0.4) is 0 Å². The van der Waals surface area contributed by atoms with Gasteiger partial charge in [0.05, 0.1) is 12.4 Å². The number of nitrogens with zero attached hydrogens (tertiary/aromatic N) is 3. The molecule has 0 radical (unpaired) electrons. The number of likely N-dealkylation sites (tertiary alicyclic amines) is 1. The minimum atomic E-state index is -0.330. The number of hydrogen-bond acceptors (Lipinski definition) is 3. The number of nitrogens with one attached hydrogen (secondary N) is 1. The molecule has 26 heavy (non-hydrogen) atoms. The minimum Gasteiger partial charge on any atom is -0.306 e. The summed E-state index contributed by atoms with van der Waals surface area (Å²) in [7, 11) is 2.08. The fourth-order valence-electron chi connectivity index (χ4n) is 3.87. The number of amides is 2. The van der Waals surface area contributed by atoms with E-state index in [2.05, 4.69) is 22.3 Å². The van der Waals surface area contributed by atoms with Crippen molar-refractivity contribution in [3.8, 4) is 0 Å². The predicted octanol–water partition coefficient (Wildman–Crippen LogP) is 3.80. The van der Waals surface area contributed by atoms with Gasteiger partial charge in [0.1, 0.15) is 5.82 Å². The second-order valence-corrected chi connectivity index (χ2v) is 7.40. The van der Waals surface area contributed by atoms with Crippen LogP contribution in [-0.4, -0.2) is 49.5 Å². The van der Waals surface area contributed by atoms with E-state index < -0.39 is 0 Å². The molecule has 0 aromatic heterocycles. The highest BCUT2D eigenvalue weighted by Gasteiger charge is 2.28. The minimum absolute atomic E-state index is 0.0658. The van der Waals surface area contributed by atoms with E-state index in [1.807, 2.05) is 0 Å². The Morgan fingerprint density at radius 3 is 2.65 bits per heavy atom. The van der Waals surface area contributed by atoms with Crippen LogP contribution in [-0.2, 0) is 0 Å². The lowest BCUT2D eigenvalue weighted by molar-refractivity contribution is 0.230. The summed E-state index contributed by atoms with van der Waals surface area (Å²) >= 11 is 0. The van der Waals surface area contributed by atoms with Gasteiger partial charge in [-0.05, 0) is 64.0 Å². The number of rotatable bonds is 4. The second-order valence-electron chi connectivity index (χ2n) is 7.40. The van der Waals surface area contributed by atoms with Gasteiger partial charge in [0.15, 0.2) is 0 Å². The van der Waals surface area contributed by atoms with Gasteiger partial charge in [0, 0.05) is 11.7 Å².